The molecule has 0 bridgehead atoms. The number of nitrogens with one attached hydrogen (secondary N) is 1. The number of hydrogen-bond acceptors (Lipinski definition) is 6. The highest BCUT2D eigenvalue weighted by molar-refractivity contribution is 6.02. The van der Waals surface area contributed by atoms with E-state index < -0.39 is 18.5 Å². The summed E-state index contributed by atoms with van der Waals surface area (Å²) in [5.74, 6) is -1.50. The summed E-state index contributed by atoms with van der Waals surface area (Å²) < 4.78 is 17.3. The minimum atomic E-state index is -0.688. The standard InChI is InChI=1S/C22H30N2O6/c1-8-17-19(21(26)29-7)14(4)20(23-17)22(27)30-11-18(25)16-9-12(2)24(15(16)5)13(3)10-28-6/h9,13,23H,8,10-11H2,1-7H3. The zero-order valence-corrected chi connectivity index (χ0v) is 18.7. The first kappa shape index (κ1) is 23.4. The maximum Gasteiger partial charge on any atom is 0.355 e. The van der Waals surface area contributed by atoms with Gasteiger partial charge >= 0.3 is 11.9 Å². The number of hydrogen-bond donors (Lipinski definition) is 1. The van der Waals surface area contributed by atoms with Gasteiger partial charge in [0, 0.05) is 29.8 Å². The van der Waals surface area contributed by atoms with Crippen molar-refractivity contribution in [3.63, 3.8) is 0 Å². The van der Waals surface area contributed by atoms with Crippen LogP contribution in [0.3, 0.4) is 0 Å². The summed E-state index contributed by atoms with van der Waals surface area (Å²) in [6.45, 7) is 9.42. The first-order chi connectivity index (χ1) is 14.2. The predicted octanol–water partition coefficient (Wildman–Crippen LogP) is 3.34. The van der Waals surface area contributed by atoms with E-state index in [2.05, 4.69) is 4.98 Å². The molecule has 8 heteroatoms. The molecule has 1 N–H and O–H groups in total. The Morgan fingerprint density at radius 2 is 1.80 bits per heavy atom. The molecule has 1 atom stereocenters. The Hall–Kier alpha value is -2.87. The van der Waals surface area contributed by atoms with E-state index in [0.29, 0.717) is 35.4 Å². The number of nitrogens with zero attached hydrogens (tertiary/aromatic N) is 1. The van der Waals surface area contributed by atoms with Crippen molar-refractivity contribution >= 4 is 17.7 Å². The average Bonchev–Trinajstić information content (AvgIpc) is 3.21. The van der Waals surface area contributed by atoms with Crippen LogP contribution in [-0.4, -0.2) is 54.7 Å². The number of H-pyrrole nitrogens is 1. The summed E-state index contributed by atoms with van der Waals surface area (Å²) in [6.07, 6.45) is 0.517. The van der Waals surface area contributed by atoms with Crippen molar-refractivity contribution in [1.82, 2.24) is 9.55 Å². The summed E-state index contributed by atoms with van der Waals surface area (Å²) in [4.78, 5) is 40.2. The highest BCUT2D eigenvalue weighted by atomic mass is 16.5. The molecule has 8 nitrogen and oxygen atoms in total. The maximum absolute atomic E-state index is 12.7. The van der Waals surface area contributed by atoms with Crippen molar-refractivity contribution in [2.45, 2.75) is 47.1 Å². The van der Waals surface area contributed by atoms with Gasteiger partial charge in [-0.3, -0.25) is 4.79 Å². The second-order valence-electron chi connectivity index (χ2n) is 7.28. The van der Waals surface area contributed by atoms with Crippen molar-refractivity contribution in [3.05, 3.63) is 45.5 Å². The number of ether oxygens (including phenoxy) is 3. The lowest BCUT2D eigenvalue weighted by molar-refractivity contribution is 0.0468. The fourth-order valence-corrected chi connectivity index (χ4v) is 3.84. The number of Topliss-reactive ketones (excluding diaryl/α,β-unsaturated/α-hetero) is 1. The lowest BCUT2D eigenvalue weighted by Crippen LogP contribution is -2.17. The second-order valence-corrected chi connectivity index (χ2v) is 7.28. The number of aromatic amines is 1. The molecule has 0 aliphatic rings. The Bertz CT molecular complexity index is 953. The molecular weight excluding hydrogens is 388 g/mol. The largest absolute Gasteiger partial charge is 0.465 e. The molecule has 2 rings (SSSR count). The molecule has 0 fully saturated rings. The minimum Gasteiger partial charge on any atom is -0.465 e. The van der Waals surface area contributed by atoms with Crippen LogP contribution in [-0.2, 0) is 20.6 Å². The number of rotatable bonds is 9. The molecule has 0 aliphatic heterocycles. The van der Waals surface area contributed by atoms with E-state index in [1.807, 2.05) is 32.3 Å². The van der Waals surface area contributed by atoms with Gasteiger partial charge in [-0.1, -0.05) is 6.92 Å². The Labute approximate surface area is 176 Å². The molecule has 0 saturated heterocycles. The Kier molecular flexibility index (Phi) is 7.61. The Balaban J connectivity index is 2.18. The predicted molar refractivity (Wildman–Crippen MR) is 111 cm³/mol. The van der Waals surface area contributed by atoms with Gasteiger partial charge in [0.05, 0.1) is 25.3 Å². The highest BCUT2D eigenvalue weighted by Crippen LogP contribution is 2.23. The quantitative estimate of drug-likeness (QED) is 0.495. The first-order valence-corrected chi connectivity index (χ1v) is 9.85. The van der Waals surface area contributed by atoms with Gasteiger partial charge in [0.25, 0.3) is 0 Å². The van der Waals surface area contributed by atoms with Crippen molar-refractivity contribution in [2.24, 2.45) is 0 Å². The van der Waals surface area contributed by atoms with Gasteiger partial charge in [0.1, 0.15) is 5.69 Å². The van der Waals surface area contributed by atoms with E-state index in [1.54, 1.807) is 20.1 Å². The van der Waals surface area contributed by atoms with Crippen LogP contribution in [0.4, 0.5) is 0 Å². The molecular formula is C22H30N2O6. The molecule has 30 heavy (non-hydrogen) atoms. The lowest BCUT2D eigenvalue weighted by Gasteiger charge is -2.17. The Morgan fingerprint density at radius 3 is 2.37 bits per heavy atom. The van der Waals surface area contributed by atoms with Crippen LogP contribution in [0, 0.1) is 20.8 Å². The van der Waals surface area contributed by atoms with Gasteiger partial charge in [0.2, 0.25) is 5.78 Å². The lowest BCUT2D eigenvalue weighted by atomic mass is 10.1. The van der Waals surface area contributed by atoms with Crippen molar-refractivity contribution in [2.75, 3.05) is 27.4 Å². The molecule has 2 aromatic heterocycles. The third-order valence-corrected chi connectivity index (χ3v) is 5.24. The topological polar surface area (TPSA) is 99.6 Å². The van der Waals surface area contributed by atoms with E-state index >= 15 is 0 Å². The van der Waals surface area contributed by atoms with E-state index in [4.69, 9.17) is 14.2 Å². The van der Waals surface area contributed by atoms with E-state index in [0.717, 1.165) is 11.4 Å². The number of ketones is 1. The van der Waals surface area contributed by atoms with Gasteiger partial charge in [-0.2, -0.15) is 0 Å². The summed E-state index contributed by atoms with van der Waals surface area (Å²) in [5.41, 5.74) is 3.76. The number of aryl methyl sites for hydroxylation is 2. The van der Waals surface area contributed by atoms with Crippen LogP contribution < -0.4 is 0 Å². The molecule has 0 aromatic carbocycles. The molecule has 0 saturated carbocycles. The monoisotopic (exact) mass is 418 g/mol. The molecule has 164 valence electrons. The van der Waals surface area contributed by atoms with Gasteiger partial charge < -0.3 is 23.8 Å². The zero-order chi connectivity index (χ0) is 22.6. The molecule has 0 radical (unpaired) electrons. The van der Waals surface area contributed by atoms with Crippen molar-refractivity contribution in [3.8, 4) is 0 Å². The number of methoxy groups -OCH3 is 2. The van der Waals surface area contributed by atoms with Crippen LogP contribution in [0.1, 0.15) is 73.7 Å². The van der Waals surface area contributed by atoms with Crippen LogP contribution in [0.15, 0.2) is 6.07 Å². The number of carbonyl (C=O) groups is 3. The van der Waals surface area contributed by atoms with E-state index in [1.165, 1.54) is 7.11 Å². The van der Waals surface area contributed by atoms with Gasteiger partial charge in [-0.15, -0.1) is 0 Å². The second kappa shape index (κ2) is 9.75. The van der Waals surface area contributed by atoms with Crippen LogP contribution in [0.5, 0.6) is 0 Å². The molecule has 2 heterocycles. The number of esters is 2. The van der Waals surface area contributed by atoms with E-state index in [-0.39, 0.29) is 17.5 Å². The SMILES string of the molecule is CCc1[nH]c(C(=O)OCC(=O)c2cc(C)n(C(C)COC)c2C)c(C)c1C(=O)OC. The fraction of sp³-hybridized carbons (Fsp3) is 0.500. The number of carbonyl (C=O) groups excluding carboxylic acids is 3. The van der Waals surface area contributed by atoms with Gasteiger partial charge in [0.15, 0.2) is 6.61 Å². The Morgan fingerprint density at radius 1 is 1.13 bits per heavy atom. The van der Waals surface area contributed by atoms with Crippen LogP contribution in [0.2, 0.25) is 0 Å². The smallest absolute Gasteiger partial charge is 0.355 e. The molecule has 0 spiro atoms. The van der Waals surface area contributed by atoms with Gasteiger partial charge in [-0.05, 0) is 45.7 Å². The average molecular weight is 418 g/mol. The third kappa shape index (κ3) is 4.48. The fourth-order valence-electron chi connectivity index (χ4n) is 3.84. The van der Waals surface area contributed by atoms with Crippen LogP contribution >= 0.6 is 0 Å². The normalized spacial score (nSPS) is 12.0. The minimum absolute atomic E-state index is 0.0740. The first-order valence-electron chi connectivity index (χ1n) is 9.85. The van der Waals surface area contributed by atoms with Crippen molar-refractivity contribution in [1.29, 1.82) is 0 Å². The molecule has 0 amide bonds. The highest BCUT2D eigenvalue weighted by Gasteiger charge is 2.26. The summed E-state index contributed by atoms with van der Waals surface area (Å²) in [5, 5.41) is 0. The number of aromatic nitrogens is 2. The molecule has 1 unspecified atom stereocenters. The summed E-state index contributed by atoms with van der Waals surface area (Å²) in [7, 11) is 2.92. The summed E-state index contributed by atoms with van der Waals surface area (Å²) >= 11 is 0. The van der Waals surface area contributed by atoms with Gasteiger partial charge in [-0.25, -0.2) is 9.59 Å². The third-order valence-electron chi connectivity index (χ3n) is 5.24. The zero-order valence-electron chi connectivity index (χ0n) is 18.7. The van der Waals surface area contributed by atoms with E-state index in [9.17, 15) is 14.4 Å². The molecule has 2 aromatic rings. The van der Waals surface area contributed by atoms with Crippen LogP contribution in [0.25, 0.3) is 0 Å². The maximum atomic E-state index is 12.7. The summed E-state index contributed by atoms with van der Waals surface area (Å²) in [6, 6.07) is 1.87. The van der Waals surface area contributed by atoms with Crippen molar-refractivity contribution < 1.29 is 28.6 Å². The molecule has 0 aliphatic carbocycles.